The van der Waals surface area contributed by atoms with Crippen LogP contribution in [0.5, 0.6) is 5.75 Å². The van der Waals surface area contributed by atoms with E-state index in [9.17, 15) is 0 Å². The third kappa shape index (κ3) is 1.86. The van der Waals surface area contributed by atoms with Crippen LogP contribution in [0.15, 0.2) is 29.6 Å². The fraction of sp³-hybridized carbons (Fsp3) is 0.200. The Kier molecular flexibility index (Phi) is 3.17. The zero-order valence-electron chi connectivity index (χ0n) is 11.3. The van der Waals surface area contributed by atoms with Crippen molar-refractivity contribution >= 4 is 16.3 Å². The Morgan fingerprint density at radius 1 is 1.40 bits per heavy atom. The molecule has 0 atom stereocenters. The fourth-order valence-corrected chi connectivity index (χ4v) is 3.30. The van der Waals surface area contributed by atoms with Gasteiger partial charge in [-0.25, -0.2) is 4.98 Å². The van der Waals surface area contributed by atoms with E-state index in [1.165, 1.54) is 0 Å². The summed E-state index contributed by atoms with van der Waals surface area (Å²) in [7, 11) is 1.66. The third-order valence-corrected chi connectivity index (χ3v) is 4.11. The fourth-order valence-electron chi connectivity index (χ4n) is 2.35. The van der Waals surface area contributed by atoms with Crippen LogP contribution in [0.25, 0.3) is 16.2 Å². The number of hydrogen-bond acceptors (Lipinski definition) is 4. The summed E-state index contributed by atoms with van der Waals surface area (Å²) in [5.41, 5.74) is 3.89. The highest BCUT2D eigenvalue weighted by molar-refractivity contribution is 7.15. The van der Waals surface area contributed by atoms with E-state index in [2.05, 4.69) is 20.8 Å². The molecule has 5 heteroatoms. The Balaban J connectivity index is 2.29. The Hall–Kier alpha value is -2.32. The van der Waals surface area contributed by atoms with Crippen LogP contribution >= 0.6 is 11.3 Å². The molecule has 0 aliphatic carbocycles. The van der Waals surface area contributed by atoms with Gasteiger partial charge >= 0.3 is 0 Å². The number of thiazole rings is 1. The molecule has 0 aliphatic heterocycles. The number of ether oxygens (including phenoxy) is 1. The molecule has 4 nitrogen and oxygen atoms in total. The number of methoxy groups -OCH3 is 1. The summed E-state index contributed by atoms with van der Waals surface area (Å²) < 4.78 is 7.49. The van der Waals surface area contributed by atoms with Gasteiger partial charge in [0.1, 0.15) is 5.75 Å². The highest BCUT2D eigenvalue weighted by atomic mass is 32.1. The molecule has 0 aliphatic rings. The summed E-state index contributed by atoms with van der Waals surface area (Å²) >= 11 is 1.58. The molecular weight excluding hydrogens is 270 g/mol. The number of fused-ring (bicyclic) bond motifs is 1. The summed E-state index contributed by atoms with van der Waals surface area (Å²) in [5.74, 6) is 0.821. The predicted octanol–water partition coefficient (Wildman–Crippen LogP) is 3.45. The van der Waals surface area contributed by atoms with E-state index in [1.54, 1.807) is 18.4 Å². The summed E-state index contributed by atoms with van der Waals surface area (Å²) in [6.45, 7) is 1.94. The van der Waals surface area contributed by atoms with Crippen LogP contribution < -0.4 is 4.74 Å². The van der Waals surface area contributed by atoms with Gasteiger partial charge < -0.3 is 4.74 Å². The molecule has 0 amide bonds. The minimum absolute atomic E-state index is 0.353. The zero-order chi connectivity index (χ0) is 14.1. The SMILES string of the molecule is COc1ccccc1-c1csc2nc(C)c(CC#N)n12. The minimum Gasteiger partial charge on any atom is -0.496 e. The number of aryl methyl sites for hydroxylation is 1. The first kappa shape index (κ1) is 12.7. The molecule has 3 aromatic rings. The van der Waals surface area contributed by atoms with Gasteiger partial charge in [-0.2, -0.15) is 5.26 Å². The molecule has 1 aromatic carbocycles. The molecule has 3 rings (SSSR count). The standard InChI is InChI=1S/C15H13N3OS/c1-10-12(7-8-16)18-13(9-20-15(18)17-10)11-5-3-4-6-14(11)19-2/h3-6,9H,7H2,1-2H3. The quantitative estimate of drug-likeness (QED) is 0.739. The van der Waals surface area contributed by atoms with Crippen molar-refractivity contribution < 1.29 is 4.74 Å². The summed E-state index contributed by atoms with van der Waals surface area (Å²) in [6.07, 6.45) is 0.353. The summed E-state index contributed by atoms with van der Waals surface area (Å²) in [5, 5.41) is 11.1. The maximum atomic E-state index is 9.01. The first-order chi connectivity index (χ1) is 9.76. The number of imidazole rings is 1. The molecule has 0 fully saturated rings. The minimum atomic E-state index is 0.353. The Morgan fingerprint density at radius 2 is 2.20 bits per heavy atom. The second-order valence-electron chi connectivity index (χ2n) is 4.42. The maximum absolute atomic E-state index is 9.01. The van der Waals surface area contributed by atoms with Crippen molar-refractivity contribution in [3.63, 3.8) is 0 Å². The van der Waals surface area contributed by atoms with Crippen molar-refractivity contribution in [1.29, 1.82) is 5.26 Å². The van der Waals surface area contributed by atoms with Crippen molar-refractivity contribution in [1.82, 2.24) is 9.38 Å². The van der Waals surface area contributed by atoms with E-state index in [4.69, 9.17) is 10.00 Å². The van der Waals surface area contributed by atoms with Crippen molar-refractivity contribution in [3.8, 4) is 23.1 Å². The number of para-hydroxylation sites is 1. The lowest BCUT2D eigenvalue weighted by Crippen LogP contribution is -1.96. The predicted molar refractivity (Wildman–Crippen MR) is 79.1 cm³/mol. The lowest BCUT2D eigenvalue weighted by molar-refractivity contribution is 0.416. The molecule has 0 radical (unpaired) electrons. The van der Waals surface area contributed by atoms with Crippen LogP contribution in [-0.4, -0.2) is 16.5 Å². The molecule has 2 heterocycles. The van der Waals surface area contributed by atoms with E-state index in [0.29, 0.717) is 6.42 Å². The van der Waals surface area contributed by atoms with Gasteiger partial charge in [0.05, 0.1) is 36.7 Å². The average Bonchev–Trinajstić information content (AvgIpc) is 2.99. The van der Waals surface area contributed by atoms with Crippen molar-refractivity contribution in [3.05, 3.63) is 41.0 Å². The van der Waals surface area contributed by atoms with Gasteiger partial charge in [-0.15, -0.1) is 11.3 Å². The van der Waals surface area contributed by atoms with E-state index >= 15 is 0 Å². The highest BCUT2D eigenvalue weighted by Crippen LogP contribution is 2.34. The van der Waals surface area contributed by atoms with Gasteiger partial charge in [-0.3, -0.25) is 4.40 Å². The normalized spacial score (nSPS) is 10.7. The number of hydrogen-bond donors (Lipinski definition) is 0. The van der Waals surface area contributed by atoms with Crippen LogP contribution in [0, 0.1) is 18.3 Å². The number of rotatable bonds is 3. The Morgan fingerprint density at radius 3 is 2.95 bits per heavy atom. The zero-order valence-corrected chi connectivity index (χ0v) is 12.1. The van der Waals surface area contributed by atoms with Crippen molar-refractivity contribution in [2.45, 2.75) is 13.3 Å². The Labute approximate surface area is 120 Å². The number of nitriles is 1. The number of nitrogens with zero attached hydrogens (tertiary/aromatic N) is 3. The van der Waals surface area contributed by atoms with Gasteiger partial charge in [0.25, 0.3) is 0 Å². The lowest BCUT2D eigenvalue weighted by atomic mass is 10.1. The molecule has 20 heavy (non-hydrogen) atoms. The molecular formula is C15H13N3OS. The van der Waals surface area contributed by atoms with Gasteiger partial charge in [-0.1, -0.05) is 12.1 Å². The van der Waals surface area contributed by atoms with E-state index < -0.39 is 0 Å². The second kappa shape index (κ2) is 4.99. The van der Waals surface area contributed by atoms with E-state index in [-0.39, 0.29) is 0 Å². The number of aromatic nitrogens is 2. The summed E-state index contributed by atoms with van der Waals surface area (Å²) in [6, 6.07) is 10.1. The van der Waals surface area contributed by atoms with Gasteiger partial charge in [0.15, 0.2) is 4.96 Å². The van der Waals surface area contributed by atoms with Crippen LogP contribution in [0.1, 0.15) is 11.4 Å². The monoisotopic (exact) mass is 283 g/mol. The van der Waals surface area contributed by atoms with Gasteiger partial charge in [-0.05, 0) is 19.1 Å². The van der Waals surface area contributed by atoms with Crippen molar-refractivity contribution in [2.24, 2.45) is 0 Å². The van der Waals surface area contributed by atoms with Crippen LogP contribution in [0.4, 0.5) is 0 Å². The molecule has 100 valence electrons. The topological polar surface area (TPSA) is 50.3 Å². The molecule has 0 spiro atoms. The van der Waals surface area contributed by atoms with Crippen LogP contribution in [0.3, 0.4) is 0 Å². The van der Waals surface area contributed by atoms with E-state index in [0.717, 1.165) is 33.4 Å². The average molecular weight is 283 g/mol. The highest BCUT2D eigenvalue weighted by Gasteiger charge is 2.16. The molecule has 0 saturated carbocycles. The molecule has 0 saturated heterocycles. The second-order valence-corrected chi connectivity index (χ2v) is 5.25. The smallest absolute Gasteiger partial charge is 0.194 e. The molecule has 2 aromatic heterocycles. The van der Waals surface area contributed by atoms with Gasteiger partial charge in [0.2, 0.25) is 0 Å². The third-order valence-electron chi connectivity index (χ3n) is 3.29. The molecule has 0 unspecified atom stereocenters. The lowest BCUT2D eigenvalue weighted by Gasteiger charge is -2.08. The number of benzene rings is 1. The first-order valence-electron chi connectivity index (χ1n) is 6.22. The van der Waals surface area contributed by atoms with Crippen LogP contribution in [0.2, 0.25) is 0 Å². The molecule has 0 N–H and O–H groups in total. The summed E-state index contributed by atoms with van der Waals surface area (Å²) in [4.78, 5) is 5.43. The Bertz CT molecular complexity index is 810. The van der Waals surface area contributed by atoms with Crippen molar-refractivity contribution in [2.75, 3.05) is 7.11 Å². The largest absolute Gasteiger partial charge is 0.496 e. The molecule has 0 bridgehead atoms. The first-order valence-corrected chi connectivity index (χ1v) is 7.10. The maximum Gasteiger partial charge on any atom is 0.194 e. The van der Waals surface area contributed by atoms with Gasteiger partial charge in [0, 0.05) is 10.9 Å². The van der Waals surface area contributed by atoms with Crippen LogP contribution in [-0.2, 0) is 6.42 Å². The van der Waals surface area contributed by atoms with E-state index in [1.807, 2.05) is 31.2 Å².